The van der Waals surface area contributed by atoms with Crippen molar-refractivity contribution in [2.75, 3.05) is 5.32 Å². The first-order valence-corrected chi connectivity index (χ1v) is 7.29. The van der Waals surface area contributed by atoms with Crippen LogP contribution >= 0.6 is 11.3 Å². The summed E-state index contributed by atoms with van der Waals surface area (Å²) in [7, 11) is 0. The van der Waals surface area contributed by atoms with Crippen LogP contribution in [0.15, 0.2) is 24.4 Å². The van der Waals surface area contributed by atoms with Crippen molar-refractivity contribution in [3.05, 3.63) is 50.0 Å². The summed E-state index contributed by atoms with van der Waals surface area (Å²) < 4.78 is 0. The van der Waals surface area contributed by atoms with Gasteiger partial charge >= 0.3 is 0 Å². The number of nitro benzene ring substituents is 1. The molecule has 0 aliphatic carbocycles. The lowest BCUT2D eigenvalue weighted by Crippen LogP contribution is -2.08. The first-order valence-electron chi connectivity index (χ1n) is 6.48. The maximum absolute atomic E-state index is 10.9. The van der Waals surface area contributed by atoms with Gasteiger partial charge in [-0.1, -0.05) is 13.0 Å². The van der Waals surface area contributed by atoms with E-state index in [0.717, 1.165) is 17.1 Å². The normalized spacial score (nSPS) is 12.2. The fourth-order valence-electron chi connectivity index (χ4n) is 1.96. The minimum Gasteiger partial charge on any atom is -0.376 e. The molecule has 1 aromatic heterocycles. The van der Waals surface area contributed by atoms with Crippen molar-refractivity contribution in [2.24, 2.45) is 0 Å². The zero-order valence-electron chi connectivity index (χ0n) is 11.7. The van der Waals surface area contributed by atoms with Crippen LogP contribution in [0.2, 0.25) is 0 Å². The third-order valence-electron chi connectivity index (χ3n) is 3.16. The van der Waals surface area contributed by atoms with E-state index < -0.39 is 0 Å². The zero-order chi connectivity index (χ0) is 14.7. The van der Waals surface area contributed by atoms with Crippen LogP contribution in [0, 0.1) is 17.0 Å². The first kappa shape index (κ1) is 14.5. The molecule has 0 saturated carbocycles. The van der Waals surface area contributed by atoms with E-state index >= 15 is 0 Å². The Morgan fingerprint density at radius 1 is 1.50 bits per heavy atom. The van der Waals surface area contributed by atoms with Crippen LogP contribution < -0.4 is 5.32 Å². The number of hydrogen-bond donors (Lipinski definition) is 1. The molecule has 0 fully saturated rings. The first-order chi connectivity index (χ1) is 9.52. The molecule has 0 aliphatic rings. The number of nitrogens with zero attached hydrogens (tertiary/aromatic N) is 2. The monoisotopic (exact) mass is 291 g/mol. The Kier molecular flexibility index (Phi) is 4.34. The minimum absolute atomic E-state index is 0.0287. The van der Waals surface area contributed by atoms with Crippen molar-refractivity contribution in [1.82, 2.24) is 4.98 Å². The van der Waals surface area contributed by atoms with E-state index in [-0.39, 0.29) is 16.7 Å². The largest absolute Gasteiger partial charge is 0.376 e. The number of benzene rings is 1. The molecule has 1 aromatic carbocycles. The van der Waals surface area contributed by atoms with Gasteiger partial charge in [0.1, 0.15) is 5.01 Å². The fourth-order valence-corrected chi connectivity index (χ4v) is 2.82. The molecule has 2 aromatic rings. The number of hydrogen-bond acceptors (Lipinski definition) is 5. The van der Waals surface area contributed by atoms with Crippen LogP contribution in [-0.2, 0) is 6.42 Å². The van der Waals surface area contributed by atoms with Crippen LogP contribution in [0.1, 0.15) is 35.3 Å². The molecular weight excluding hydrogens is 274 g/mol. The molecule has 1 unspecified atom stereocenters. The lowest BCUT2D eigenvalue weighted by Gasteiger charge is -2.14. The molecule has 1 N–H and O–H groups in total. The number of nitro groups is 1. The highest BCUT2D eigenvalue weighted by atomic mass is 32.1. The van der Waals surface area contributed by atoms with Gasteiger partial charge in [0.05, 0.1) is 11.0 Å². The molecule has 20 heavy (non-hydrogen) atoms. The van der Waals surface area contributed by atoms with Gasteiger partial charge in [0.2, 0.25) is 0 Å². The molecule has 6 heteroatoms. The van der Waals surface area contributed by atoms with Gasteiger partial charge in [0.25, 0.3) is 5.69 Å². The Morgan fingerprint density at radius 3 is 2.85 bits per heavy atom. The average Bonchev–Trinajstić information content (AvgIpc) is 2.89. The Labute approximate surface area is 121 Å². The van der Waals surface area contributed by atoms with Crippen molar-refractivity contribution in [3.63, 3.8) is 0 Å². The lowest BCUT2D eigenvalue weighted by molar-refractivity contribution is -0.385. The molecule has 0 spiro atoms. The van der Waals surface area contributed by atoms with Gasteiger partial charge in [-0.2, -0.15) is 0 Å². The van der Waals surface area contributed by atoms with Crippen molar-refractivity contribution in [1.29, 1.82) is 0 Å². The molecule has 0 saturated heterocycles. The topological polar surface area (TPSA) is 68.1 Å². The Bertz CT molecular complexity index is 625. The van der Waals surface area contributed by atoms with Crippen LogP contribution in [-0.4, -0.2) is 9.91 Å². The minimum atomic E-state index is -0.357. The summed E-state index contributed by atoms with van der Waals surface area (Å²) in [4.78, 5) is 16.2. The predicted octanol–water partition coefficient (Wildman–Crippen LogP) is 4.10. The summed E-state index contributed by atoms with van der Waals surface area (Å²) in [5, 5.41) is 15.2. The summed E-state index contributed by atoms with van der Waals surface area (Å²) in [5.41, 5.74) is 1.56. The number of rotatable bonds is 5. The molecule has 2 rings (SSSR count). The zero-order valence-corrected chi connectivity index (χ0v) is 12.5. The van der Waals surface area contributed by atoms with Gasteiger partial charge in [0.15, 0.2) is 0 Å². The van der Waals surface area contributed by atoms with Crippen LogP contribution in [0.3, 0.4) is 0 Å². The van der Waals surface area contributed by atoms with Gasteiger partial charge in [0, 0.05) is 28.4 Å². The van der Waals surface area contributed by atoms with E-state index in [2.05, 4.69) is 17.2 Å². The summed E-state index contributed by atoms with van der Waals surface area (Å²) in [6.07, 6.45) is 2.86. The van der Waals surface area contributed by atoms with Crippen molar-refractivity contribution >= 4 is 22.7 Å². The van der Waals surface area contributed by atoms with Gasteiger partial charge < -0.3 is 5.32 Å². The number of aromatic nitrogens is 1. The highest BCUT2D eigenvalue weighted by molar-refractivity contribution is 7.11. The third-order valence-corrected chi connectivity index (χ3v) is 4.49. The smallest absolute Gasteiger partial charge is 0.274 e. The van der Waals surface area contributed by atoms with E-state index in [0.29, 0.717) is 5.56 Å². The molecule has 5 nitrogen and oxygen atoms in total. The van der Waals surface area contributed by atoms with Crippen LogP contribution in [0.5, 0.6) is 0 Å². The van der Waals surface area contributed by atoms with E-state index in [9.17, 15) is 10.1 Å². The molecular formula is C14H17N3O2S. The summed E-state index contributed by atoms with van der Waals surface area (Å²) in [6, 6.07) is 5.09. The molecule has 0 amide bonds. The highest BCUT2D eigenvalue weighted by Crippen LogP contribution is 2.29. The van der Waals surface area contributed by atoms with Crippen LogP contribution in [0.25, 0.3) is 0 Å². The standard InChI is InChI=1S/C14H17N3O2S/c1-4-11-8-15-14(20-11)10(3)16-12-6-5-7-13(9(12)2)17(18)19/h5-8,10,16H,4H2,1-3H3. The number of thiazole rings is 1. The average molecular weight is 291 g/mol. The maximum Gasteiger partial charge on any atom is 0.274 e. The molecule has 0 aliphatic heterocycles. The van der Waals surface area contributed by atoms with Crippen molar-refractivity contribution in [2.45, 2.75) is 33.2 Å². The third kappa shape index (κ3) is 2.96. The highest BCUT2D eigenvalue weighted by Gasteiger charge is 2.16. The molecule has 0 bridgehead atoms. The summed E-state index contributed by atoms with van der Waals surface area (Å²) >= 11 is 1.67. The van der Waals surface area contributed by atoms with E-state index in [1.165, 1.54) is 10.9 Å². The summed E-state index contributed by atoms with van der Waals surface area (Å²) in [6.45, 7) is 5.86. The number of anilines is 1. The van der Waals surface area contributed by atoms with E-state index in [4.69, 9.17) is 0 Å². The Hall–Kier alpha value is -1.95. The van der Waals surface area contributed by atoms with E-state index in [1.54, 1.807) is 24.3 Å². The second-order valence-corrected chi connectivity index (χ2v) is 5.74. The predicted molar refractivity (Wildman–Crippen MR) is 81.4 cm³/mol. The maximum atomic E-state index is 10.9. The molecule has 0 radical (unpaired) electrons. The Morgan fingerprint density at radius 2 is 2.25 bits per heavy atom. The second-order valence-electron chi connectivity index (χ2n) is 4.59. The van der Waals surface area contributed by atoms with Crippen LogP contribution in [0.4, 0.5) is 11.4 Å². The molecule has 1 heterocycles. The Balaban J connectivity index is 2.21. The fraction of sp³-hybridized carbons (Fsp3) is 0.357. The lowest BCUT2D eigenvalue weighted by atomic mass is 10.1. The molecule has 106 valence electrons. The summed E-state index contributed by atoms with van der Waals surface area (Å²) in [5.74, 6) is 0. The van der Waals surface area contributed by atoms with Gasteiger partial charge in [-0.3, -0.25) is 10.1 Å². The van der Waals surface area contributed by atoms with E-state index in [1.807, 2.05) is 19.2 Å². The van der Waals surface area contributed by atoms with Gasteiger partial charge in [-0.25, -0.2) is 4.98 Å². The molecule has 1 atom stereocenters. The van der Waals surface area contributed by atoms with Crippen molar-refractivity contribution in [3.8, 4) is 0 Å². The quantitative estimate of drug-likeness (QED) is 0.665. The van der Waals surface area contributed by atoms with Crippen molar-refractivity contribution < 1.29 is 4.92 Å². The SMILES string of the molecule is CCc1cnc(C(C)Nc2cccc([N+](=O)[O-])c2C)s1. The number of nitrogens with one attached hydrogen (secondary N) is 1. The second kappa shape index (κ2) is 6.00. The van der Waals surface area contributed by atoms with Gasteiger partial charge in [-0.15, -0.1) is 11.3 Å². The van der Waals surface area contributed by atoms with Gasteiger partial charge in [-0.05, 0) is 26.3 Å². The number of aryl methyl sites for hydroxylation is 1.